The van der Waals surface area contributed by atoms with Crippen molar-refractivity contribution >= 4 is 166 Å². The summed E-state index contributed by atoms with van der Waals surface area (Å²) in [4.78, 5) is 20.6. The molecule has 0 radical (unpaired) electrons. The van der Waals surface area contributed by atoms with E-state index in [4.69, 9.17) is 10.2 Å². The number of rotatable bonds is 30. The number of carboxylic acids is 2. The first-order valence-electron chi connectivity index (χ1n) is 17.3. The van der Waals surface area contributed by atoms with E-state index in [0.717, 1.165) is 25.7 Å². The van der Waals surface area contributed by atoms with Crippen molar-refractivity contribution in [2.24, 2.45) is 0 Å². The van der Waals surface area contributed by atoms with Crippen molar-refractivity contribution in [3.05, 3.63) is 24.3 Å². The van der Waals surface area contributed by atoms with E-state index in [2.05, 4.69) is 38.2 Å². The van der Waals surface area contributed by atoms with Gasteiger partial charge in [-0.1, -0.05) is 141 Å². The molecule has 0 rings (SSSR count). The summed E-state index contributed by atoms with van der Waals surface area (Å²) in [5.41, 5.74) is 0. The summed E-state index contributed by atoms with van der Waals surface area (Å²) in [7, 11) is 0. The SMILES string of the molecule is CCCCCCCC/C=C\CCCCCCCC(=O)O.CCCCCCCC/C=C\CCCCCCCC(=O)O.[KH].[KH].[KH]. The summed E-state index contributed by atoms with van der Waals surface area (Å²) in [6.45, 7) is 4.52. The van der Waals surface area contributed by atoms with E-state index in [0.29, 0.717) is 12.8 Å². The number of carbonyl (C=O) groups is 2. The van der Waals surface area contributed by atoms with Gasteiger partial charge in [-0.2, -0.15) is 0 Å². The van der Waals surface area contributed by atoms with Gasteiger partial charge in [-0.3, -0.25) is 9.59 Å². The van der Waals surface area contributed by atoms with Crippen molar-refractivity contribution < 1.29 is 19.8 Å². The van der Waals surface area contributed by atoms with Gasteiger partial charge in [0.25, 0.3) is 0 Å². The van der Waals surface area contributed by atoms with Crippen LogP contribution in [-0.2, 0) is 9.59 Å². The molecule has 0 aromatic rings. The summed E-state index contributed by atoms with van der Waals surface area (Å²) in [5, 5.41) is 17.0. The van der Waals surface area contributed by atoms with Gasteiger partial charge in [0.05, 0.1) is 0 Å². The molecule has 0 bridgehead atoms. The van der Waals surface area contributed by atoms with Gasteiger partial charge in [0.2, 0.25) is 0 Å². The molecule has 0 spiro atoms. The minimum absolute atomic E-state index is 0. The van der Waals surface area contributed by atoms with Crippen LogP contribution in [0.3, 0.4) is 0 Å². The predicted octanol–water partition coefficient (Wildman–Crippen LogP) is 10.3. The molecule has 4 nitrogen and oxygen atoms in total. The molecule has 0 aromatic heterocycles. The number of aliphatic carboxylic acids is 2. The van der Waals surface area contributed by atoms with Gasteiger partial charge in [-0.05, 0) is 64.2 Å². The topological polar surface area (TPSA) is 74.6 Å². The van der Waals surface area contributed by atoms with Crippen LogP contribution >= 0.6 is 0 Å². The maximum absolute atomic E-state index is 10.3. The second-order valence-electron chi connectivity index (χ2n) is 11.5. The summed E-state index contributed by atoms with van der Waals surface area (Å²) in [6.07, 6.45) is 42.5. The van der Waals surface area contributed by atoms with Crippen LogP contribution in [0, 0.1) is 0 Å². The van der Waals surface area contributed by atoms with Crippen molar-refractivity contribution in [3.8, 4) is 0 Å². The van der Waals surface area contributed by atoms with E-state index in [9.17, 15) is 9.59 Å². The van der Waals surface area contributed by atoms with Crippen molar-refractivity contribution in [3.63, 3.8) is 0 Å². The van der Waals surface area contributed by atoms with Crippen LogP contribution in [0.25, 0.3) is 0 Å². The van der Waals surface area contributed by atoms with E-state index in [1.165, 1.54) is 141 Å². The molecule has 0 aromatic carbocycles. The Kier molecular flexibility index (Phi) is 67.6. The maximum atomic E-state index is 10.3. The Labute approximate surface area is 396 Å². The van der Waals surface area contributed by atoms with Crippen LogP contribution in [-0.4, -0.2) is 176 Å². The Morgan fingerprint density at radius 3 is 0.814 bits per heavy atom. The quantitative estimate of drug-likeness (QED) is 0.0449. The molecule has 0 saturated heterocycles. The van der Waals surface area contributed by atoms with E-state index in [-0.39, 0.29) is 154 Å². The van der Waals surface area contributed by atoms with Gasteiger partial charge in [0, 0.05) is 12.8 Å². The standard InChI is InChI=1S/2C18H34O2.3K.3H/c2*1-2-3-4-5-6-7-8-9-10-11-12-13-14-15-16-17-18(19)20;;;;;;/h2*9-10H,2-8,11-17H2,1H3,(H,19,20);;;;;;/b2*10-9-;;;;;;. The Bertz CT molecular complexity index is 533. The normalized spacial score (nSPS) is 10.5. The first-order valence-corrected chi connectivity index (χ1v) is 17.3. The van der Waals surface area contributed by atoms with E-state index < -0.39 is 11.9 Å². The fourth-order valence-electron chi connectivity index (χ4n) is 4.69. The third-order valence-corrected chi connectivity index (χ3v) is 7.30. The molecule has 0 aliphatic heterocycles. The van der Waals surface area contributed by atoms with Gasteiger partial charge in [0.15, 0.2) is 0 Å². The second kappa shape index (κ2) is 52.1. The van der Waals surface area contributed by atoms with Crippen LogP contribution < -0.4 is 0 Å². The molecule has 0 aliphatic carbocycles. The summed E-state index contributed by atoms with van der Waals surface area (Å²) in [6, 6.07) is 0. The van der Waals surface area contributed by atoms with Crippen LogP contribution in [0.1, 0.15) is 194 Å². The molecule has 0 heterocycles. The molecule has 0 aliphatic rings. The van der Waals surface area contributed by atoms with E-state index in [1.807, 2.05) is 0 Å². The molecule has 7 heteroatoms. The number of unbranched alkanes of at least 4 members (excludes halogenated alkanes) is 22. The summed E-state index contributed by atoms with van der Waals surface area (Å²) in [5.74, 6) is -1.33. The molecule has 0 saturated carbocycles. The molecule has 0 fully saturated rings. The Balaban J connectivity index is -0.000000209. The average molecular weight is 685 g/mol. The van der Waals surface area contributed by atoms with Crippen molar-refractivity contribution in [1.29, 1.82) is 0 Å². The van der Waals surface area contributed by atoms with Crippen LogP contribution in [0.4, 0.5) is 0 Å². The van der Waals surface area contributed by atoms with Crippen LogP contribution in [0.5, 0.6) is 0 Å². The average Bonchev–Trinajstić information content (AvgIpc) is 2.93. The molecular weight excluding hydrogens is 614 g/mol. The Morgan fingerprint density at radius 1 is 0.372 bits per heavy atom. The monoisotopic (exact) mass is 684 g/mol. The van der Waals surface area contributed by atoms with Gasteiger partial charge in [-0.15, -0.1) is 0 Å². The van der Waals surface area contributed by atoms with Gasteiger partial charge >= 0.3 is 166 Å². The molecule has 43 heavy (non-hydrogen) atoms. The van der Waals surface area contributed by atoms with Crippen molar-refractivity contribution in [2.45, 2.75) is 194 Å². The molecule has 0 amide bonds. The summed E-state index contributed by atoms with van der Waals surface area (Å²) < 4.78 is 0. The molecule has 2 N–H and O–H groups in total. The second-order valence-corrected chi connectivity index (χ2v) is 11.5. The summed E-state index contributed by atoms with van der Waals surface area (Å²) >= 11 is 0. The Morgan fingerprint density at radius 2 is 0.581 bits per heavy atom. The van der Waals surface area contributed by atoms with E-state index in [1.54, 1.807) is 0 Å². The molecule has 242 valence electrons. The van der Waals surface area contributed by atoms with Gasteiger partial charge in [-0.25, -0.2) is 0 Å². The van der Waals surface area contributed by atoms with Crippen LogP contribution in [0.15, 0.2) is 24.3 Å². The van der Waals surface area contributed by atoms with Crippen molar-refractivity contribution in [1.82, 2.24) is 0 Å². The first-order chi connectivity index (χ1) is 19.5. The zero-order chi connectivity index (χ0) is 29.8. The minimum atomic E-state index is -0.664. The van der Waals surface area contributed by atoms with Crippen LogP contribution in [0.2, 0.25) is 0 Å². The van der Waals surface area contributed by atoms with E-state index >= 15 is 0 Å². The number of allylic oxidation sites excluding steroid dienone is 4. The predicted molar refractivity (Wildman–Crippen MR) is 196 cm³/mol. The first kappa shape index (κ1) is 55.7. The third kappa shape index (κ3) is 61.1. The number of carboxylic acid groups (broad SMARTS) is 2. The molecule has 0 atom stereocenters. The Hall–Kier alpha value is 3.33. The zero-order valence-electron chi connectivity index (χ0n) is 26.8. The fourth-order valence-corrected chi connectivity index (χ4v) is 4.69. The van der Waals surface area contributed by atoms with Crippen molar-refractivity contribution in [2.75, 3.05) is 0 Å². The fraction of sp³-hybridized carbons (Fsp3) is 0.833. The van der Waals surface area contributed by atoms with Gasteiger partial charge in [0.1, 0.15) is 0 Å². The zero-order valence-corrected chi connectivity index (χ0v) is 26.8. The molecule has 0 unspecified atom stereocenters. The third-order valence-electron chi connectivity index (χ3n) is 7.30. The molecular formula is C36H71K3O4. The number of hydrogen-bond donors (Lipinski definition) is 2. The number of hydrogen-bond acceptors (Lipinski definition) is 2. The van der Waals surface area contributed by atoms with Gasteiger partial charge < -0.3 is 10.2 Å².